The number of rotatable bonds is 7. The molecule has 1 aliphatic heterocycles. The van der Waals surface area contributed by atoms with Crippen LogP contribution in [0.2, 0.25) is 0 Å². The van der Waals surface area contributed by atoms with Gasteiger partial charge in [0.2, 0.25) is 0 Å². The molecule has 0 saturated carbocycles. The molecule has 0 unspecified atom stereocenters. The fraction of sp³-hybridized carbons (Fsp3) is 0.111. The molecule has 1 heterocycles. The lowest BCUT2D eigenvalue weighted by atomic mass is 10.1. The van der Waals surface area contributed by atoms with Crippen molar-refractivity contribution in [3.63, 3.8) is 0 Å². The van der Waals surface area contributed by atoms with Crippen LogP contribution in [0.5, 0.6) is 5.75 Å². The van der Waals surface area contributed by atoms with E-state index in [4.69, 9.17) is 9.84 Å². The maximum Gasteiger partial charge on any atom is 0.335 e. The van der Waals surface area contributed by atoms with Crippen LogP contribution in [0.3, 0.4) is 0 Å². The zero-order valence-electron chi connectivity index (χ0n) is 19.1. The molecule has 0 radical (unpaired) electrons. The Morgan fingerprint density at radius 3 is 2.64 bits per heavy atom. The number of carbonyl (C=O) groups excluding carboxylic acids is 1. The van der Waals surface area contributed by atoms with E-state index in [1.54, 1.807) is 35.2 Å². The van der Waals surface area contributed by atoms with E-state index >= 15 is 0 Å². The normalized spacial score (nSPS) is 15.4. The van der Waals surface area contributed by atoms with Gasteiger partial charge in [0.25, 0.3) is 5.91 Å². The molecule has 0 aromatic heterocycles. The van der Waals surface area contributed by atoms with Gasteiger partial charge >= 0.3 is 5.97 Å². The number of hydrogen-bond acceptors (Lipinski definition) is 6. The average molecular weight is 562 g/mol. The number of likely N-dealkylation sites (N-methyl/N-ethyl adjacent to an activating group) is 1. The molecular formula is C27H20BrN3O4S. The van der Waals surface area contributed by atoms with Gasteiger partial charge < -0.3 is 9.84 Å². The summed E-state index contributed by atoms with van der Waals surface area (Å²) < 4.78 is 6.87. The highest BCUT2D eigenvalue weighted by molar-refractivity contribution is 9.10. The SMILES string of the molecule is CCN1C(=O)/C(=C/c2cc(Br)ccc2OCc2ccccc2C#N)SC1=Nc1ccc(C(=O)O)cc1. The largest absolute Gasteiger partial charge is 0.488 e. The Bertz CT molecular complexity index is 1430. The molecule has 3 aromatic rings. The van der Waals surface area contributed by atoms with Gasteiger partial charge in [0, 0.05) is 22.1 Å². The molecule has 9 heteroatoms. The van der Waals surface area contributed by atoms with Crippen LogP contribution in [0, 0.1) is 11.3 Å². The molecule has 1 fully saturated rings. The van der Waals surface area contributed by atoms with Gasteiger partial charge in [-0.25, -0.2) is 9.79 Å². The lowest BCUT2D eigenvalue weighted by Crippen LogP contribution is -2.28. The number of carbonyl (C=O) groups is 2. The lowest BCUT2D eigenvalue weighted by Gasteiger charge is -2.12. The Morgan fingerprint density at radius 2 is 1.94 bits per heavy atom. The van der Waals surface area contributed by atoms with E-state index in [0.29, 0.717) is 39.2 Å². The van der Waals surface area contributed by atoms with E-state index in [9.17, 15) is 14.9 Å². The Labute approximate surface area is 220 Å². The van der Waals surface area contributed by atoms with Crippen molar-refractivity contribution >= 4 is 56.5 Å². The summed E-state index contributed by atoms with van der Waals surface area (Å²) in [7, 11) is 0. The topological polar surface area (TPSA) is 103 Å². The minimum absolute atomic E-state index is 0.168. The molecule has 0 spiro atoms. The predicted octanol–water partition coefficient (Wildman–Crippen LogP) is 6.22. The van der Waals surface area contributed by atoms with Crippen molar-refractivity contribution in [2.45, 2.75) is 13.5 Å². The molecule has 4 rings (SSSR count). The molecule has 180 valence electrons. The summed E-state index contributed by atoms with van der Waals surface area (Å²) in [6, 6.07) is 21.1. The Hall–Kier alpha value is -3.87. The molecule has 1 saturated heterocycles. The number of benzene rings is 3. The molecule has 1 aliphatic rings. The molecule has 7 nitrogen and oxygen atoms in total. The number of ether oxygens (including phenoxy) is 1. The minimum atomic E-state index is -1.01. The Balaban J connectivity index is 1.62. The molecule has 0 atom stereocenters. The highest BCUT2D eigenvalue weighted by Gasteiger charge is 2.32. The first-order chi connectivity index (χ1) is 17.4. The fourth-order valence-corrected chi connectivity index (χ4v) is 4.91. The van der Waals surface area contributed by atoms with Crippen molar-refractivity contribution in [2.24, 2.45) is 4.99 Å². The third kappa shape index (κ3) is 5.67. The van der Waals surface area contributed by atoms with Crippen LogP contribution in [0.15, 0.2) is 81.1 Å². The van der Waals surface area contributed by atoms with Gasteiger partial charge in [0.05, 0.1) is 27.8 Å². The van der Waals surface area contributed by atoms with Gasteiger partial charge in [0.15, 0.2) is 5.17 Å². The molecule has 3 aromatic carbocycles. The van der Waals surface area contributed by atoms with E-state index in [0.717, 1.165) is 10.0 Å². The summed E-state index contributed by atoms with van der Waals surface area (Å²) in [5, 5.41) is 18.9. The zero-order chi connectivity index (χ0) is 25.7. The van der Waals surface area contributed by atoms with E-state index in [1.165, 1.54) is 23.9 Å². The first-order valence-corrected chi connectivity index (χ1v) is 12.5. The van der Waals surface area contributed by atoms with Crippen LogP contribution in [0.4, 0.5) is 5.69 Å². The van der Waals surface area contributed by atoms with Crippen LogP contribution < -0.4 is 4.74 Å². The minimum Gasteiger partial charge on any atom is -0.488 e. The number of carboxylic acids is 1. The number of thioether (sulfide) groups is 1. The number of nitriles is 1. The second-order valence-corrected chi connectivity index (χ2v) is 9.57. The number of hydrogen-bond donors (Lipinski definition) is 1. The number of carboxylic acid groups (broad SMARTS) is 1. The van der Waals surface area contributed by atoms with E-state index in [2.05, 4.69) is 27.0 Å². The summed E-state index contributed by atoms with van der Waals surface area (Å²) in [4.78, 5) is 30.9. The quantitative estimate of drug-likeness (QED) is 0.343. The second kappa shape index (κ2) is 11.2. The molecule has 1 N–H and O–H groups in total. The first-order valence-electron chi connectivity index (χ1n) is 10.9. The van der Waals surface area contributed by atoms with Gasteiger partial charge in [-0.05, 0) is 73.3 Å². The van der Waals surface area contributed by atoms with Crippen molar-refractivity contribution < 1.29 is 19.4 Å². The third-order valence-corrected chi connectivity index (χ3v) is 6.82. The summed E-state index contributed by atoms with van der Waals surface area (Å²) in [6.07, 6.45) is 1.77. The molecule has 36 heavy (non-hydrogen) atoms. The first kappa shape index (κ1) is 25.2. The number of halogens is 1. The van der Waals surface area contributed by atoms with Crippen LogP contribution in [0.1, 0.15) is 34.0 Å². The van der Waals surface area contributed by atoms with Gasteiger partial charge in [-0.15, -0.1) is 0 Å². The van der Waals surface area contributed by atoms with Gasteiger partial charge in [-0.1, -0.05) is 34.1 Å². The van der Waals surface area contributed by atoms with Crippen LogP contribution in [0.25, 0.3) is 6.08 Å². The fourth-order valence-electron chi connectivity index (χ4n) is 3.47. The molecular weight excluding hydrogens is 542 g/mol. The highest BCUT2D eigenvalue weighted by atomic mass is 79.9. The highest BCUT2D eigenvalue weighted by Crippen LogP contribution is 2.36. The van der Waals surface area contributed by atoms with E-state index in [-0.39, 0.29) is 18.1 Å². The van der Waals surface area contributed by atoms with E-state index < -0.39 is 5.97 Å². The Kier molecular flexibility index (Phi) is 7.88. The summed E-state index contributed by atoms with van der Waals surface area (Å²) in [5.41, 5.74) is 2.75. The van der Waals surface area contributed by atoms with Gasteiger partial charge in [-0.2, -0.15) is 5.26 Å². The van der Waals surface area contributed by atoms with Crippen molar-refractivity contribution in [2.75, 3.05) is 6.54 Å². The smallest absolute Gasteiger partial charge is 0.335 e. The van der Waals surface area contributed by atoms with E-state index in [1.807, 2.05) is 37.3 Å². The summed E-state index contributed by atoms with van der Waals surface area (Å²) in [5.74, 6) is -0.614. The Morgan fingerprint density at radius 1 is 1.19 bits per heavy atom. The summed E-state index contributed by atoms with van der Waals surface area (Å²) in [6.45, 7) is 2.51. The van der Waals surface area contributed by atoms with Crippen molar-refractivity contribution in [1.29, 1.82) is 5.26 Å². The lowest BCUT2D eigenvalue weighted by molar-refractivity contribution is -0.122. The van der Waals surface area contributed by atoms with Gasteiger partial charge in [0.1, 0.15) is 12.4 Å². The second-order valence-electron chi connectivity index (χ2n) is 7.65. The number of amides is 1. The summed E-state index contributed by atoms with van der Waals surface area (Å²) >= 11 is 4.73. The average Bonchev–Trinajstić information content (AvgIpc) is 3.17. The zero-order valence-corrected chi connectivity index (χ0v) is 21.5. The van der Waals surface area contributed by atoms with Crippen LogP contribution >= 0.6 is 27.7 Å². The molecule has 0 bridgehead atoms. The molecule has 1 amide bonds. The van der Waals surface area contributed by atoms with Crippen molar-refractivity contribution in [1.82, 2.24) is 4.90 Å². The maximum absolute atomic E-state index is 13.1. The number of amidine groups is 1. The van der Waals surface area contributed by atoms with Crippen LogP contribution in [-0.2, 0) is 11.4 Å². The third-order valence-electron chi connectivity index (χ3n) is 5.32. The van der Waals surface area contributed by atoms with Gasteiger partial charge in [-0.3, -0.25) is 9.69 Å². The maximum atomic E-state index is 13.1. The number of nitrogens with zero attached hydrogens (tertiary/aromatic N) is 3. The standard InChI is InChI=1S/C27H20BrN3O4S/c1-2-31-25(32)24(36-27(31)30-22-10-7-17(8-11-22)26(33)34)14-20-13-21(28)9-12-23(20)35-16-19-6-4-3-5-18(19)15-29/h3-14H,2,16H2,1H3,(H,33,34)/b24-14-,30-27?. The van der Waals surface area contributed by atoms with Crippen LogP contribution in [-0.4, -0.2) is 33.6 Å². The molecule has 0 aliphatic carbocycles. The number of aromatic carboxylic acids is 1. The number of aliphatic imine (C=N–C) groups is 1. The monoisotopic (exact) mass is 561 g/mol. The predicted molar refractivity (Wildman–Crippen MR) is 143 cm³/mol. The van der Waals surface area contributed by atoms with Crippen molar-refractivity contribution in [3.8, 4) is 11.8 Å². The van der Waals surface area contributed by atoms with Crippen molar-refractivity contribution in [3.05, 3.63) is 98.4 Å².